The molecule has 0 aliphatic heterocycles. The van der Waals surface area contributed by atoms with E-state index in [0.29, 0.717) is 23.2 Å². The molecule has 5 heteroatoms. The van der Waals surface area contributed by atoms with E-state index >= 15 is 0 Å². The van der Waals surface area contributed by atoms with Gasteiger partial charge in [-0.3, -0.25) is 11.3 Å². The maximum absolute atomic E-state index is 5.66. The van der Waals surface area contributed by atoms with Crippen LogP contribution in [0.5, 0.6) is 17.2 Å². The molecule has 1 aromatic rings. The molecule has 0 fully saturated rings. The molecule has 0 saturated heterocycles. The van der Waals surface area contributed by atoms with Gasteiger partial charge in [0.2, 0.25) is 5.75 Å². The van der Waals surface area contributed by atoms with Crippen LogP contribution in [-0.2, 0) is 0 Å². The van der Waals surface area contributed by atoms with Gasteiger partial charge >= 0.3 is 0 Å². The molecule has 0 spiro atoms. The summed E-state index contributed by atoms with van der Waals surface area (Å²) < 4.78 is 16.1. The molecule has 0 radical (unpaired) electrons. The second-order valence-electron chi connectivity index (χ2n) is 4.77. The van der Waals surface area contributed by atoms with Crippen LogP contribution < -0.4 is 25.5 Å². The summed E-state index contributed by atoms with van der Waals surface area (Å²) in [7, 11) is 4.81. The number of ether oxygens (including phenoxy) is 3. The van der Waals surface area contributed by atoms with Crippen LogP contribution in [0, 0.1) is 5.92 Å². The summed E-state index contributed by atoms with van der Waals surface area (Å²) in [5.74, 6) is 8.06. The monoisotopic (exact) mass is 268 g/mol. The zero-order chi connectivity index (χ0) is 14.4. The molecule has 1 rings (SSSR count). The van der Waals surface area contributed by atoms with Crippen molar-refractivity contribution in [2.24, 2.45) is 11.8 Å². The molecule has 1 aromatic carbocycles. The van der Waals surface area contributed by atoms with Crippen LogP contribution in [0.25, 0.3) is 0 Å². The van der Waals surface area contributed by atoms with Gasteiger partial charge in [0, 0.05) is 5.56 Å². The van der Waals surface area contributed by atoms with Gasteiger partial charge in [-0.05, 0) is 24.5 Å². The lowest BCUT2D eigenvalue weighted by Crippen LogP contribution is -2.29. The summed E-state index contributed by atoms with van der Waals surface area (Å²) in [6, 6.07) is 3.82. The molecule has 1 atom stereocenters. The number of methoxy groups -OCH3 is 3. The second-order valence-corrected chi connectivity index (χ2v) is 4.77. The van der Waals surface area contributed by atoms with E-state index in [4.69, 9.17) is 20.1 Å². The molecule has 108 valence electrons. The molecule has 5 nitrogen and oxygen atoms in total. The maximum Gasteiger partial charge on any atom is 0.203 e. The third-order valence-corrected chi connectivity index (χ3v) is 3.02. The minimum Gasteiger partial charge on any atom is -0.493 e. The third kappa shape index (κ3) is 3.52. The lowest BCUT2D eigenvalue weighted by molar-refractivity contribution is 0.316. The molecule has 0 amide bonds. The molecule has 1 unspecified atom stereocenters. The van der Waals surface area contributed by atoms with Crippen molar-refractivity contribution in [1.29, 1.82) is 0 Å². The minimum absolute atomic E-state index is 0.00903. The van der Waals surface area contributed by atoms with Crippen molar-refractivity contribution in [2.75, 3.05) is 21.3 Å². The van der Waals surface area contributed by atoms with Crippen LogP contribution in [0.3, 0.4) is 0 Å². The van der Waals surface area contributed by atoms with Gasteiger partial charge in [0.15, 0.2) is 11.5 Å². The van der Waals surface area contributed by atoms with Crippen LogP contribution in [0.15, 0.2) is 12.1 Å². The highest BCUT2D eigenvalue weighted by Gasteiger charge is 2.22. The standard InChI is InChI=1S/C14H24N2O3/c1-9(2)8-11(16-15)10-6-7-12(17-3)14(19-5)13(10)18-4/h6-7,9,11,16H,8,15H2,1-5H3. The Morgan fingerprint density at radius 2 is 1.68 bits per heavy atom. The Morgan fingerprint density at radius 3 is 2.11 bits per heavy atom. The van der Waals surface area contributed by atoms with E-state index in [-0.39, 0.29) is 6.04 Å². The molecule has 0 aromatic heterocycles. The van der Waals surface area contributed by atoms with Crippen LogP contribution >= 0.6 is 0 Å². The Balaban J connectivity index is 3.26. The summed E-state index contributed by atoms with van der Waals surface area (Å²) >= 11 is 0. The van der Waals surface area contributed by atoms with Crippen LogP contribution in [-0.4, -0.2) is 21.3 Å². The van der Waals surface area contributed by atoms with Gasteiger partial charge in [-0.15, -0.1) is 0 Å². The van der Waals surface area contributed by atoms with Crippen molar-refractivity contribution in [3.8, 4) is 17.2 Å². The zero-order valence-corrected chi connectivity index (χ0v) is 12.3. The van der Waals surface area contributed by atoms with Crippen molar-refractivity contribution in [2.45, 2.75) is 26.3 Å². The summed E-state index contributed by atoms with van der Waals surface area (Å²) in [6.45, 7) is 4.30. The Labute approximate surface area is 115 Å². The molecule has 0 heterocycles. The number of hydrogen-bond acceptors (Lipinski definition) is 5. The number of rotatable bonds is 7. The SMILES string of the molecule is COc1ccc(C(CC(C)C)NN)c(OC)c1OC. The highest BCUT2D eigenvalue weighted by molar-refractivity contribution is 5.56. The van der Waals surface area contributed by atoms with Crippen LogP contribution in [0.4, 0.5) is 0 Å². The topological polar surface area (TPSA) is 65.7 Å². The van der Waals surface area contributed by atoms with Crippen LogP contribution in [0.1, 0.15) is 31.9 Å². The lowest BCUT2D eigenvalue weighted by Gasteiger charge is -2.23. The largest absolute Gasteiger partial charge is 0.493 e. The summed E-state index contributed by atoms with van der Waals surface area (Å²) in [5.41, 5.74) is 3.81. The number of hydrazine groups is 1. The van der Waals surface area contributed by atoms with Gasteiger partial charge in [-0.25, -0.2) is 0 Å². The fraction of sp³-hybridized carbons (Fsp3) is 0.571. The van der Waals surface area contributed by atoms with Gasteiger partial charge in [0.05, 0.1) is 27.4 Å². The van der Waals surface area contributed by atoms with Gasteiger partial charge in [-0.2, -0.15) is 0 Å². The number of hydrogen-bond donors (Lipinski definition) is 2. The molecule has 0 saturated carbocycles. The predicted molar refractivity (Wildman–Crippen MR) is 75.6 cm³/mol. The Hall–Kier alpha value is -1.46. The fourth-order valence-electron chi connectivity index (χ4n) is 2.16. The molecular weight excluding hydrogens is 244 g/mol. The van der Waals surface area contributed by atoms with Crippen molar-refractivity contribution < 1.29 is 14.2 Å². The maximum atomic E-state index is 5.66. The Bertz CT molecular complexity index is 408. The average molecular weight is 268 g/mol. The first-order valence-corrected chi connectivity index (χ1v) is 6.34. The number of benzene rings is 1. The average Bonchev–Trinajstić information content (AvgIpc) is 2.42. The first kappa shape index (κ1) is 15.6. The second kappa shape index (κ2) is 7.21. The number of nitrogens with one attached hydrogen (secondary N) is 1. The van der Waals surface area contributed by atoms with Crippen LogP contribution in [0.2, 0.25) is 0 Å². The summed E-state index contributed by atoms with van der Waals surface area (Å²) in [6.07, 6.45) is 0.905. The first-order chi connectivity index (χ1) is 9.08. The molecular formula is C14H24N2O3. The van der Waals surface area contributed by atoms with Gasteiger partial charge in [0.25, 0.3) is 0 Å². The normalized spacial score (nSPS) is 12.4. The van der Waals surface area contributed by atoms with Gasteiger partial charge in [0.1, 0.15) is 0 Å². The quantitative estimate of drug-likeness (QED) is 0.586. The van der Waals surface area contributed by atoms with Gasteiger partial charge in [-0.1, -0.05) is 13.8 Å². The first-order valence-electron chi connectivity index (χ1n) is 6.34. The molecule has 3 N–H and O–H groups in total. The Morgan fingerprint density at radius 1 is 1.05 bits per heavy atom. The number of nitrogens with two attached hydrogens (primary N) is 1. The van der Waals surface area contributed by atoms with Gasteiger partial charge < -0.3 is 14.2 Å². The highest BCUT2D eigenvalue weighted by Crippen LogP contribution is 2.42. The summed E-state index contributed by atoms with van der Waals surface area (Å²) in [5, 5.41) is 0. The van der Waals surface area contributed by atoms with Crippen molar-refractivity contribution in [3.05, 3.63) is 17.7 Å². The van der Waals surface area contributed by atoms with Crippen molar-refractivity contribution in [3.63, 3.8) is 0 Å². The van der Waals surface area contributed by atoms with Crippen molar-refractivity contribution >= 4 is 0 Å². The lowest BCUT2D eigenvalue weighted by atomic mass is 9.96. The molecule has 0 aliphatic rings. The van der Waals surface area contributed by atoms with Crippen molar-refractivity contribution in [1.82, 2.24) is 5.43 Å². The Kier molecular flexibility index (Phi) is 5.92. The van der Waals surface area contributed by atoms with E-state index in [2.05, 4.69) is 19.3 Å². The highest BCUT2D eigenvalue weighted by atomic mass is 16.5. The zero-order valence-electron chi connectivity index (χ0n) is 12.3. The predicted octanol–water partition coefficient (Wildman–Crippen LogP) is 2.26. The van der Waals surface area contributed by atoms with E-state index < -0.39 is 0 Å². The van der Waals surface area contributed by atoms with E-state index in [1.165, 1.54) is 0 Å². The molecule has 19 heavy (non-hydrogen) atoms. The third-order valence-electron chi connectivity index (χ3n) is 3.02. The van der Waals surface area contributed by atoms with E-state index in [1.54, 1.807) is 21.3 Å². The fourth-order valence-corrected chi connectivity index (χ4v) is 2.16. The minimum atomic E-state index is 0.00903. The van der Waals surface area contributed by atoms with E-state index in [0.717, 1.165) is 12.0 Å². The van der Waals surface area contributed by atoms with E-state index in [1.807, 2.05) is 12.1 Å². The smallest absolute Gasteiger partial charge is 0.203 e. The summed E-state index contributed by atoms with van der Waals surface area (Å²) in [4.78, 5) is 0. The van der Waals surface area contributed by atoms with E-state index in [9.17, 15) is 0 Å². The molecule has 0 aliphatic carbocycles. The molecule has 0 bridgehead atoms.